The van der Waals surface area contributed by atoms with Crippen LogP contribution in [0.2, 0.25) is 0 Å². The fourth-order valence-corrected chi connectivity index (χ4v) is 2.75. The van der Waals surface area contributed by atoms with E-state index in [2.05, 4.69) is 64.9 Å². The highest BCUT2D eigenvalue weighted by Gasteiger charge is 2.10. The molecule has 0 radical (unpaired) electrons. The van der Waals surface area contributed by atoms with E-state index < -0.39 is 0 Å². The number of halogens is 1. The molecule has 108 valence electrons. The van der Waals surface area contributed by atoms with Crippen molar-refractivity contribution in [3.05, 3.63) is 28.2 Å². The number of rotatable bonds is 8. The number of nitrogens with zero attached hydrogens (tertiary/aromatic N) is 2. The lowest BCUT2D eigenvalue weighted by molar-refractivity contribution is 0.413. The molecule has 0 aliphatic carbocycles. The van der Waals surface area contributed by atoms with Crippen molar-refractivity contribution in [3.63, 3.8) is 0 Å². The zero-order valence-electron chi connectivity index (χ0n) is 12.3. The van der Waals surface area contributed by atoms with E-state index in [1.54, 1.807) is 0 Å². The number of nitrogens with two attached hydrogens (primary N) is 1. The fourth-order valence-electron chi connectivity index (χ4n) is 2.07. The first-order valence-electron chi connectivity index (χ1n) is 6.96. The molecule has 0 saturated carbocycles. The second-order valence-corrected chi connectivity index (χ2v) is 5.97. The van der Waals surface area contributed by atoms with Crippen LogP contribution in [0, 0.1) is 0 Å². The molecule has 0 spiro atoms. The first-order valence-corrected chi connectivity index (χ1v) is 7.76. The van der Waals surface area contributed by atoms with Crippen molar-refractivity contribution < 1.29 is 0 Å². The van der Waals surface area contributed by atoms with Gasteiger partial charge in [0.05, 0.1) is 5.69 Å². The van der Waals surface area contributed by atoms with Crippen molar-refractivity contribution in [2.24, 2.45) is 5.73 Å². The van der Waals surface area contributed by atoms with Gasteiger partial charge in [-0.25, -0.2) is 0 Å². The monoisotopic (exact) mass is 327 g/mol. The van der Waals surface area contributed by atoms with Gasteiger partial charge in [0.15, 0.2) is 0 Å². The van der Waals surface area contributed by atoms with E-state index in [-0.39, 0.29) is 0 Å². The summed E-state index contributed by atoms with van der Waals surface area (Å²) in [5.74, 6) is 0. The second-order valence-electron chi connectivity index (χ2n) is 5.11. The van der Waals surface area contributed by atoms with Crippen molar-refractivity contribution >= 4 is 21.6 Å². The third-order valence-corrected chi connectivity index (χ3v) is 3.73. The molecule has 19 heavy (non-hydrogen) atoms. The SMILES string of the molecule is CCCN(CCN(C)C)c1ccc(CCN)cc1Br. The molecular weight excluding hydrogens is 302 g/mol. The first-order chi connectivity index (χ1) is 9.08. The molecule has 0 aliphatic heterocycles. The maximum Gasteiger partial charge on any atom is 0.0511 e. The fraction of sp³-hybridized carbons (Fsp3) is 0.600. The molecule has 0 fully saturated rings. The summed E-state index contributed by atoms with van der Waals surface area (Å²) in [7, 11) is 4.23. The van der Waals surface area contributed by atoms with E-state index >= 15 is 0 Å². The molecule has 0 aromatic heterocycles. The third kappa shape index (κ3) is 5.51. The summed E-state index contributed by atoms with van der Waals surface area (Å²) in [4.78, 5) is 4.66. The van der Waals surface area contributed by atoms with Crippen LogP contribution in [0.1, 0.15) is 18.9 Å². The van der Waals surface area contributed by atoms with Gasteiger partial charge in [-0.15, -0.1) is 0 Å². The molecule has 0 aliphatic rings. The Bertz CT molecular complexity index is 380. The summed E-state index contributed by atoms with van der Waals surface area (Å²) in [5, 5.41) is 0. The van der Waals surface area contributed by atoms with E-state index in [4.69, 9.17) is 5.73 Å². The first kappa shape index (κ1) is 16.5. The van der Waals surface area contributed by atoms with Crippen LogP contribution in [-0.4, -0.2) is 45.2 Å². The largest absolute Gasteiger partial charge is 0.369 e. The number of hydrogen-bond donors (Lipinski definition) is 1. The lowest BCUT2D eigenvalue weighted by Gasteiger charge is -2.27. The van der Waals surface area contributed by atoms with Gasteiger partial charge in [-0.05, 0) is 67.1 Å². The van der Waals surface area contributed by atoms with Crippen LogP contribution in [0.25, 0.3) is 0 Å². The Hall–Kier alpha value is -0.580. The zero-order valence-corrected chi connectivity index (χ0v) is 13.9. The molecule has 1 aromatic rings. The van der Waals surface area contributed by atoms with Gasteiger partial charge in [-0.3, -0.25) is 0 Å². The molecule has 0 saturated heterocycles. The second kappa shape index (κ2) is 8.56. The van der Waals surface area contributed by atoms with E-state index in [0.717, 1.165) is 32.5 Å². The van der Waals surface area contributed by atoms with Gasteiger partial charge in [-0.2, -0.15) is 0 Å². The minimum atomic E-state index is 0.699. The Morgan fingerprint density at radius 2 is 1.89 bits per heavy atom. The Labute approximate surface area is 125 Å². The summed E-state index contributed by atoms with van der Waals surface area (Å²) >= 11 is 3.70. The van der Waals surface area contributed by atoms with Crippen LogP contribution < -0.4 is 10.6 Å². The lowest BCUT2D eigenvalue weighted by Crippen LogP contribution is -2.32. The summed E-state index contributed by atoms with van der Waals surface area (Å²) < 4.78 is 1.17. The number of benzene rings is 1. The molecule has 0 heterocycles. The quantitative estimate of drug-likeness (QED) is 0.796. The summed E-state index contributed by atoms with van der Waals surface area (Å²) in [6, 6.07) is 6.59. The number of anilines is 1. The number of likely N-dealkylation sites (N-methyl/N-ethyl adjacent to an activating group) is 1. The molecule has 4 heteroatoms. The van der Waals surface area contributed by atoms with E-state index in [9.17, 15) is 0 Å². The molecule has 0 amide bonds. The Balaban J connectivity index is 2.82. The highest BCUT2D eigenvalue weighted by molar-refractivity contribution is 9.10. The van der Waals surface area contributed by atoms with Crippen LogP contribution in [0.3, 0.4) is 0 Å². The van der Waals surface area contributed by atoms with E-state index in [1.807, 2.05) is 0 Å². The predicted octanol–water partition coefficient (Wildman–Crippen LogP) is 2.73. The molecule has 1 rings (SSSR count). The third-order valence-electron chi connectivity index (χ3n) is 3.10. The topological polar surface area (TPSA) is 32.5 Å². The van der Waals surface area contributed by atoms with Crippen LogP contribution in [0.4, 0.5) is 5.69 Å². The molecule has 0 atom stereocenters. The summed E-state index contributed by atoms with van der Waals surface area (Å²) in [6.45, 7) is 6.12. The van der Waals surface area contributed by atoms with Crippen LogP contribution in [-0.2, 0) is 6.42 Å². The average Bonchev–Trinajstić information content (AvgIpc) is 2.35. The van der Waals surface area contributed by atoms with Crippen molar-refractivity contribution in [2.75, 3.05) is 45.2 Å². The Morgan fingerprint density at radius 1 is 1.16 bits per heavy atom. The van der Waals surface area contributed by atoms with E-state index in [0.29, 0.717) is 6.54 Å². The maximum absolute atomic E-state index is 5.61. The molecule has 2 N–H and O–H groups in total. The minimum absolute atomic E-state index is 0.699. The van der Waals surface area contributed by atoms with Gasteiger partial charge in [-0.1, -0.05) is 13.0 Å². The smallest absolute Gasteiger partial charge is 0.0511 e. The summed E-state index contributed by atoms with van der Waals surface area (Å²) in [6.07, 6.45) is 2.09. The molecule has 0 unspecified atom stereocenters. The van der Waals surface area contributed by atoms with Crippen molar-refractivity contribution in [3.8, 4) is 0 Å². The molecule has 1 aromatic carbocycles. The van der Waals surface area contributed by atoms with Crippen LogP contribution in [0.15, 0.2) is 22.7 Å². The van der Waals surface area contributed by atoms with Gasteiger partial charge in [0, 0.05) is 24.1 Å². The summed E-state index contributed by atoms with van der Waals surface area (Å²) in [5.41, 5.74) is 8.18. The maximum atomic E-state index is 5.61. The molecule has 0 bridgehead atoms. The van der Waals surface area contributed by atoms with Gasteiger partial charge in [0.25, 0.3) is 0 Å². The molecular formula is C15H26BrN3. The lowest BCUT2D eigenvalue weighted by atomic mass is 10.1. The predicted molar refractivity (Wildman–Crippen MR) is 88.0 cm³/mol. The van der Waals surface area contributed by atoms with Crippen molar-refractivity contribution in [1.29, 1.82) is 0 Å². The Morgan fingerprint density at radius 3 is 2.42 bits per heavy atom. The zero-order chi connectivity index (χ0) is 14.3. The highest BCUT2D eigenvalue weighted by atomic mass is 79.9. The Kier molecular flexibility index (Phi) is 7.42. The van der Waals surface area contributed by atoms with Gasteiger partial charge >= 0.3 is 0 Å². The van der Waals surface area contributed by atoms with Gasteiger partial charge < -0.3 is 15.5 Å². The molecule has 3 nitrogen and oxygen atoms in total. The normalized spacial score (nSPS) is 11.1. The van der Waals surface area contributed by atoms with Crippen LogP contribution in [0.5, 0.6) is 0 Å². The van der Waals surface area contributed by atoms with Gasteiger partial charge in [0.2, 0.25) is 0 Å². The average molecular weight is 328 g/mol. The van der Waals surface area contributed by atoms with Crippen LogP contribution >= 0.6 is 15.9 Å². The van der Waals surface area contributed by atoms with Gasteiger partial charge in [0.1, 0.15) is 0 Å². The minimum Gasteiger partial charge on any atom is -0.369 e. The van der Waals surface area contributed by atoms with E-state index in [1.165, 1.54) is 15.7 Å². The number of hydrogen-bond acceptors (Lipinski definition) is 3. The van der Waals surface area contributed by atoms with Crippen molar-refractivity contribution in [2.45, 2.75) is 19.8 Å². The standard InChI is InChI=1S/C15H26BrN3/c1-4-9-19(11-10-18(2)3)15-6-5-13(7-8-17)12-14(15)16/h5-6,12H,4,7-11,17H2,1-3H3. The van der Waals surface area contributed by atoms with Crippen molar-refractivity contribution in [1.82, 2.24) is 4.90 Å². The highest BCUT2D eigenvalue weighted by Crippen LogP contribution is 2.27.